The molecule has 1 aromatic carbocycles. The maximum atomic E-state index is 10.7. The van der Waals surface area contributed by atoms with E-state index in [0.29, 0.717) is 17.1 Å². The highest BCUT2D eigenvalue weighted by Crippen LogP contribution is 2.24. The van der Waals surface area contributed by atoms with Crippen molar-refractivity contribution in [2.75, 3.05) is 19.5 Å². The number of aliphatic hydroxyl groups is 2. The predicted molar refractivity (Wildman–Crippen MR) is 67.6 cm³/mol. The first kappa shape index (κ1) is 14.0. The zero-order valence-corrected chi connectivity index (χ0v) is 10.4. The van der Waals surface area contributed by atoms with Crippen molar-refractivity contribution in [2.45, 2.75) is 11.9 Å². The molecule has 0 saturated heterocycles. The Labute approximate surface area is 105 Å². The zero-order chi connectivity index (χ0) is 12.7. The standard InChI is InChI=1S/C12H16O4S/c1-16-12-3-2-9(5-13)4-10(12)7-17-8-11(15)6-14/h2-5,11,14-15H,6-8H2,1H3. The monoisotopic (exact) mass is 256 g/mol. The Balaban J connectivity index is 2.64. The molecule has 0 heterocycles. The van der Waals surface area contributed by atoms with Crippen molar-refractivity contribution in [1.82, 2.24) is 0 Å². The smallest absolute Gasteiger partial charge is 0.150 e. The van der Waals surface area contributed by atoms with E-state index in [-0.39, 0.29) is 6.61 Å². The van der Waals surface area contributed by atoms with Crippen molar-refractivity contribution in [1.29, 1.82) is 0 Å². The molecule has 5 heteroatoms. The summed E-state index contributed by atoms with van der Waals surface area (Å²) >= 11 is 1.48. The number of aldehydes is 1. The summed E-state index contributed by atoms with van der Waals surface area (Å²) in [7, 11) is 1.58. The molecule has 0 amide bonds. The average molecular weight is 256 g/mol. The van der Waals surface area contributed by atoms with Crippen molar-refractivity contribution < 1.29 is 19.7 Å². The van der Waals surface area contributed by atoms with Gasteiger partial charge >= 0.3 is 0 Å². The van der Waals surface area contributed by atoms with Crippen LogP contribution in [0.5, 0.6) is 5.75 Å². The molecule has 0 spiro atoms. The predicted octanol–water partition coefficient (Wildman–Crippen LogP) is 1.09. The summed E-state index contributed by atoms with van der Waals surface area (Å²) < 4.78 is 5.19. The second kappa shape index (κ2) is 7.32. The number of aliphatic hydroxyl groups excluding tert-OH is 2. The van der Waals surface area contributed by atoms with E-state index in [2.05, 4.69) is 0 Å². The normalized spacial score (nSPS) is 12.2. The molecule has 0 aromatic heterocycles. The first-order valence-electron chi connectivity index (χ1n) is 5.20. The van der Waals surface area contributed by atoms with E-state index < -0.39 is 6.10 Å². The van der Waals surface area contributed by atoms with Gasteiger partial charge in [0.15, 0.2) is 0 Å². The minimum Gasteiger partial charge on any atom is -0.496 e. The summed E-state index contributed by atoms with van der Waals surface area (Å²) in [6.45, 7) is -0.238. The Morgan fingerprint density at radius 3 is 2.88 bits per heavy atom. The maximum Gasteiger partial charge on any atom is 0.150 e. The molecule has 0 aliphatic rings. The van der Waals surface area contributed by atoms with Crippen molar-refractivity contribution in [3.8, 4) is 5.75 Å². The van der Waals surface area contributed by atoms with E-state index >= 15 is 0 Å². The molecule has 0 radical (unpaired) electrons. The second-order valence-electron chi connectivity index (χ2n) is 3.54. The Kier molecular flexibility index (Phi) is 6.04. The number of hydrogen-bond donors (Lipinski definition) is 2. The zero-order valence-electron chi connectivity index (χ0n) is 9.63. The molecule has 4 nitrogen and oxygen atoms in total. The van der Waals surface area contributed by atoms with Crippen LogP contribution < -0.4 is 4.74 Å². The van der Waals surface area contributed by atoms with Crippen molar-refractivity contribution in [3.63, 3.8) is 0 Å². The lowest BCUT2D eigenvalue weighted by Crippen LogP contribution is -2.14. The molecule has 0 aliphatic heterocycles. The SMILES string of the molecule is COc1ccc(C=O)cc1CSCC(O)CO. The maximum absolute atomic E-state index is 10.7. The fourth-order valence-electron chi connectivity index (χ4n) is 1.34. The lowest BCUT2D eigenvalue weighted by atomic mass is 10.1. The summed E-state index contributed by atoms with van der Waals surface area (Å²) in [4.78, 5) is 10.7. The van der Waals surface area contributed by atoms with Gasteiger partial charge in [0.1, 0.15) is 12.0 Å². The van der Waals surface area contributed by atoms with Crippen LogP contribution in [0.15, 0.2) is 18.2 Å². The van der Waals surface area contributed by atoms with Gasteiger partial charge in [0.2, 0.25) is 0 Å². The molecule has 0 saturated carbocycles. The van der Waals surface area contributed by atoms with Crippen LogP contribution in [0.2, 0.25) is 0 Å². The van der Waals surface area contributed by atoms with Crippen LogP contribution >= 0.6 is 11.8 Å². The molecular formula is C12H16O4S. The molecule has 17 heavy (non-hydrogen) atoms. The highest BCUT2D eigenvalue weighted by atomic mass is 32.2. The third kappa shape index (κ3) is 4.38. The van der Waals surface area contributed by atoms with Gasteiger partial charge in [-0.1, -0.05) is 0 Å². The molecule has 0 fully saturated rings. The largest absolute Gasteiger partial charge is 0.496 e. The van der Waals surface area contributed by atoms with Gasteiger partial charge in [0.25, 0.3) is 0 Å². The van der Waals surface area contributed by atoms with Gasteiger partial charge in [0.05, 0.1) is 19.8 Å². The van der Waals surface area contributed by atoms with Crippen LogP contribution in [0, 0.1) is 0 Å². The van der Waals surface area contributed by atoms with Gasteiger partial charge in [-0.2, -0.15) is 11.8 Å². The lowest BCUT2D eigenvalue weighted by Gasteiger charge is -2.10. The van der Waals surface area contributed by atoms with Crippen molar-refractivity contribution in [3.05, 3.63) is 29.3 Å². The molecule has 0 bridgehead atoms. The van der Waals surface area contributed by atoms with Crippen LogP contribution in [0.4, 0.5) is 0 Å². The number of rotatable bonds is 7. The van der Waals surface area contributed by atoms with Gasteiger partial charge in [-0.25, -0.2) is 0 Å². The van der Waals surface area contributed by atoms with E-state index in [9.17, 15) is 9.90 Å². The molecule has 94 valence electrons. The van der Waals surface area contributed by atoms with Crippen LogP contribution in [-0.2, 0) is 5.75 Å². The van der Waals surface area contributed by atoms with Crippen LogP contribution in [0.3, 0.4) is 0 Å². The highest BCUT2D eigenvalue weighted by Gasteiger charge is 2.07. The number of carbonyl (C=O) groups excluding carboxylic acids is 1. The number of methoxy groups -OCH3 is 1. The number of hydrogen-bond acceptors (Lipinski definition) is 5. The first-order chi connectivity index (χ1) is 8.21. The number of thioether (sulfide) groups is 1. The summed E-state index contributed by atoms with van der Waals surface area (Å²) in [5.74, 6) is 1.80. The summed E-state index contributed by atoms with van der Waals surface area (Å²) in [5.41, 5.74) is 1.51. The topological polar surface area (TPSA) is 66.8 Å². The minimum atomic E-state index is -0.708. The Bertz CT molecular complexity index is 368. The van der Waals surface area contributed by atoms with E-state index in [1.165, 1.54) is 11.8 Å². The van der Waals surface area contributed by atoms with Gasteiger partial charge in [-0.05, 0) is 18.2 Å². The third-order valence-electron chi connectivity index (χ3n) is 2.22. The number of carbonyl (C=O) groups is 1. The second-order valence-corrected chi connectivity index (χ2v) is 4.57. The molecular weight excluding hydrogens is 240 g/mol. The molecule has 0 aliphatic carbocycles. The first-order valence-corrected chi connectivity index (χ1v) is 6.35. The Morgan fingerprint density at radius 1 is 1.53 bits per heavy atom. The van der Waals surface area contributed by atoms with Gasteiger partial charge < -0.3 is 14.9 Å². The van der Waals surface area contributed by atoms with E-state index in [4.69, 9.17) is 9.84 Å². The van der Waals surface area contributed by atoms with E-state index in [0.717, 1.165) is 17.6 Å². The van der Waals surface area contributed by atoms with Gasteiger partial charge in [-0.15, -0.1) is 0 Å². The Morgan fingerprint density at radius 2 is 2.29 bits per heavy atom. The lowest BCUT2D eigenvalue weighted by molar-refractivity contribution is 0.112. The molecule has 2 N–H and O–H groups in total. The van der Waals surface area contributed by atoms with Crippen LogP contribution in [-0.4, -0.2) is 42.1 Å². The molecule has 1 aromatic rings. The fourth-order valence-corrected chi connectivity index (χ4v) is 2.28. The average Bonchev–Trinajstić information content (AvgIpc) is 2.38. The van der Waals surface area contributed by atoms with E-state index in [1.54, 1.807) is 25.3 Å². The van der Waals surface area contributed by atoms with Crippen LogP contribution in [0.25, 0.3) is 0 Å². The molecule has 1 unspecified atom stereocenters. The number of ether oxygens (including phenoxy) is 1. The highest BCUT2D eigenvalue weighted by molar-refractivity contribution is 7.98. The van der Waals surface area contributed by atoms with Crippen molar-refractivity contribution in [2.24, 2.45) is 0 Å². The van der Waals surface area contributed by atoms with Crippen molar-refractivity contribution >= 4 is 18.0 Å². The minimum absolute atomic E-state index is 0.238. The number of benzene rings is 1. The summed E-state index contributed by atoms with van der Waals surface area (Å²) in [6, 6.07) is 5.22. The van der Waals surface area contributed by atoms with E-state index in [1.807, 2.05) is 0 Å². The van der Waals surface area contributed by atoms with Gasteiger partial charge in [0, 0.05) is 22.6 Å². The summed E-state index contributed by atoms with van der Waals surface area (Å²) in [5, 5.41) is 17.9. The Hall–Kier alpha value is -1.04. The molecule has 1 rings (SSSR count). The van der Waals surface area contributed by atoms with Crippen LogP contribution in [0.1, 0.15) is 15.9 Å². The summed E-state index contributed by atoms with van der Waals surface area (Å²) in [6.07, 6.45) is 0.0798. The molecule has 1 atom stereocenters. The third-order valence-corrected chi connectivity index (χ3v) is 3.35. The fraction of sp³-hybridized carbons (Fsp3) is 0.417. The van der Waals surface area contributed by atoms with Gasteiger partial charge in [-0.3, -0.25) is 4.79 Å². The quantitative estimate of drug-likeness (QED) is 0.715.